The lowest BCUT2D eigenvalue weighted by Gasteiger charge is -2.10. The van der Waals surface area contributed by atoms with Gasteiger partial charge in [0.05, 0.1) is 22.3 Å². The number of nitrogens with zero attached hydrogens (tertiary/aromatic N) is 3. The number of sulfonamides is 1. The van der Waals surface area contributed by atoms with E-state index in [1.807, 2.05) is 35.9 Å². The summed E-state index contributed by atoms with van der Waals surface area (Å²) in [7, 11) is 1.19. The highest BCUT2D eigenvalue weighted by molar-refractivity contribution is 7.89. The number of carbonyl (C=O) groups is 2. The topological polar surface area (TPSA) is 129 Å². The van der Waals surface area contributed by atoms with E-state index in [2.05, 4.69) is 20.8 Å². The average molecular weight is 483 g/mol. The number of fused-ring (bicyclic) bond motifs is 2. The summed E-state index contributed by atoms with van der Waals surface area (Å²) in [4.78, 5) is 32.3. The fraction of sp³-hybridized carbons (Fsp3) is 0.261. The molecule has 0 saturated carbocycles. The van der Waals surface area contributed by atoms with Crippen LogP contribution >= 0.6 is 0 Å². The number of para-hydroxylation sites is 1. The Morgan fingerprint density at radius 3 is 2.59 bits per heavy atom. The first-order chi connectivity index (χ1) is 16.2. The summed E-state index contributed by atoms with van der Waals surface area (Å²) in [6, 6.07) is 12.5. The third kappa shape index (κ3) is 4.66. The van der Waals surface area contributed by atoms with Crippen molar-refractivity contribution in [3.8, 4) is 0 Å². The van der Waals surface area contributed by atoms with E-state index in [0.29, 0.717) is 17.8 Å². The van der Waals surface area contributed by atoms with Gasteiger partial charge in [-0.25, -0.2) is 17.7 Å². The minimum absolute atomic E-state index is 0.105. The highest BCUT2D eigenvalue weighted by Crippen LogP contribution is 2.22. The standard InChI is InChI=1S/C23H26N6O4S/c1-28(2)34(32,33)16-8-9-20-19(13-16)25-21(29(20)3)10-11-22(30)26-27-23(31)12-15-14-24-18-7-5-4-6-17(15)18/h4-9,13-14,24H,10-12H2,1-3H3,(H,26,30)(H,27,31). The van der Waals surface area contributed by atoms with Gasteiger partial charge in [0, 0.05) is 51.1 Å². The van der Waals surface area contributed by atoms with Gasteiger partial charge in [0.1, 0.15) is 5.82 Å². The van der Waals surface area contributed by atoms with Gasteiger partial charge in [0.2, 0.25) is 21.8 Å². The Hall–Kier alpha value is -3.70. The Morgan fingerprint density at radius 2 is 1.82 bits per heavy atom. The Labute approximate surface area is 197 Å². The average Bonchev–Trinajstić information content (AvgIpc) is 3.36. The van der Waals surface area contributed by atoms with Crippen molar-refractivity contribution in [2.24, 2.45) is 7.05 Å². The van der Waals surface area contributed by atoms with Crippen molar-refractivity contribution >= 4 is 43.8 Å². The van der Waals surface area contributed by atoms with Crippen molar-refractivity contribution in [2.45, 2.75) is 24.2 Å². The molecule has 0 saturated heterocycles. The zero-order valence-corrected chi connectivity index (χ0v) is 19.9. The van der Waals surface area contributed by atoms with E-state index >= 15 is 0 Å². The summed E-state index contributed by atoms with van der Waals surface area (Å²) < 4.78 is 27.7. The summed E-state index contributed by atoms with van der Waals surface area (Å²) >= 11 is 0. The molecule has 3 N–H and O–H groups in total. The van der Waals surface area contributed by atoms with Crippen molar-refractivity contribution < 1.29 is 18.0 Å². The highest BCUT2D eigenvalue weighted by atomic mass is 32.2. The fourth-order valence-electron chi connectivity index (χ4n) is 3.75. The van der Waals surface area contributed by atoms with E-state index in [1.165, 1.54) is 20.2 Å². The lowest BCUT2D eigenvalue weighted by atomic mass is 10.1. The molecule has 178 valence electrons. The third-order valence-electron chi connectivity index (χ3n) is 5.67. The molecule has 0 unspecified atom stereocenters. The van der Waals surface area contributed by atoms with Crippen LogP contribution in [0.4, 0.5) is 0 Å². The summed E-state index contributed by atoms with van der Waals surface area (Å²) in [5.41, 5.74) is 7.98. The molecule has 4 aromatic rings. The first-order valence-electron chi connectivity index (χ1n) is 10.7. The van der Waals surface area contributed by atoms with E-state index < -0.39 is 10.0 Å². The predicted molar refractivity (Wildman–Crippen MR) is 128 cm³/mol. The zero-order chi connectivity index (χ0) is 24.5. The molecule has 0 fully saturated rings. The molecule has 0 spiro atoms. The van der Waals surface area contributed by atoms with Crippen LogP contribution in [0.3, 0.4) is 0 Å². The molecule has 2 aromatic heterocycles. The predicted octanol–water partition coefficient (Wildman–Crippen LogP) is 1.63. The first-order valence-corrected chi connectivity index (χ1v) is 12.1. The van der Waals surface area contributed by atoms with Gasteiger partial charge in [-0.05, 0) is 29.8 Å². The van der Waals surface area contributed by atoms with E-state index in [4.69, 9.17) is 0 Å². The Bertz CT molecular complexity index is 1490. The SMILES string of the molecule is CN(C)S(=O)(=O)c1ccc2c(c1)nc(CCC(=O)NNC(=O)Cc1c[nH]c3ccccc13)n2C. The molecule has 11 heteroatoms. The number of rotatable bonds is 7. The van der Waals surface area contributed by atoms with Gasteiger partial charge in [-0.15, -0.1) is 0 Å². The quantitative estimate of drug-likeness (QED) is 0.345. The monoisotopic (exact) mass is 482 g/mol. The first kappa shape index (κ1) is 23.5. The molecular weight excluding hydrogens is 456 g/mol. The third-order valence-corrected chi connectivity index (χ3v) is 7.48. The number of hydrogen-bond donors (Lipinski definition) is 3. The molecule has 0 radical (unpaired) electrons. The maximum absolute atomic E-state index is 12.4. The molecule has 4 rings (SSSR count). The lowest BCUT2D eigenvalue weighted by molar-refractivity contribution is -0.128. The second-order valence-corrected chi connectivity index (χ2v) is 10.3. The minimum Gasteiger partial charge on any atom is -0.361 e. The molecule has 2 heterocycles. The van der Waals surface area contributed by atoms with Crippen LogP contribution in [0.5, 0.6) is 0 Å². The molecule has 0 bridgehead atoms. The normalized spacial score (nSPS) is 11.9. The molecule has 34 heavy (non-hydrogen) atoms. The van der Waals surface area contributed by atoms with Crippen LogP contribution in [0, 0.1) is 0 Å². The number of hydrogen-bond acceptors (Lipinski definition) is 5. The summed E-state index contributed by atoms with van der Waals surface area (Å²) in [6.07, 6.45) is 2.35. The molecule has 10 nitrogen and oxygen atoms in total. The van der Waals surface area contributed by atoms with Gasteiger partial charge in [0.25, 0.3) is 0 Å². The highest BCUT2D eigenvalue weighted by Gasteiger charge is 2.19. The molecule has 2 amide bonds. The maximum atomic E-state index is 12.4. The van der Waals surface area contributed by atoms with Crippen LogP contribution in [0.15, 0.2) is 53.6 Å². The second-order valence-electron chi connectivity index (χ2n) is 8.16. The van der Waals surface area contributed by atoms with Gasteiger partial charge < -0.3 is 9.55 Å². The van der Waals surface area contributed by atoms with Crippen molar-refractivity contribution in [3.63, 3.8) is 0 Å². The van der Waals surface area contributed by atoms with Crippen LogP contribution < -0.4 is 10.9 Å². The number of H-pyrrole nitrogens is 1. The molecular formula is C23H26N6O4S. The number of nitrogens with one attached hydrogen (secondary N) is 3. The Morgan fingerprint density at radius 1 is 1.09 bits per heavy atom. The smallest absolute Gasteiger partial charge is 0.242 e. The van der Waals surface area contributed by atoms with Crippen LogP contribution in [0.2, 0.25) is 0 Å². The molecule has 0 aliphatic heterocycles. The molecule has 0 aliphatic carbocycles. The van der Waals surface area contributed by atoms with E-state index in [0.717, 1.165) is 26.3 Å². The van der Waals surface area contributed by atoms with Gasteiger partial charge in [-0.1, -0.05) is 18.2 Å². The van der Waals surface area contributed by atoms with Crippen molar-refractivity contribution in [1.29, 1.82) is 0 Å². The number of benzene rings is 2. The zero-order valence-electron chi connectivity index (χ0n) is 19.1. The largest absolute Gasteiger partial charge is 0.361 e. The molecule has 2 aromatic carbocycles. The van der Waals surface area contributed by atoms with Crippen LogP contribution in [-0.4, -0.2) is 53.2 Å². The van der Waals surface area contributed by atoms with Crippen molar-refractivity contribution in [1.82, 2.24) is 29.7 Å². The van der Waals surface area contributed by atoms with Gasteiger partial charge in [-0.2, -0.15) is 0 Å². The number of amides is 2. The summed E-state index contributed by atoms with van der Waals surface area (Å²) in [5, 5.41) is 0.965. The van der Waals surface area contributed by atoms with E-state index in [1.54, 1.807) is 18.3 Å². The number of imidazole rings is 1. The van der Waals surface area contributed by atoms with E-state index in [-0.39, 0.29) is 29.6 Å². The van der Waals surface area contributed by atoms with Crippen molar-refractivity contribution in [3.05, 3.63) is 60.0 Å². The number of hydrazine groups is 1. The van der Waals surface area contributed by atoms with Gasteiger partial charge >= 0.3 is 0 Å². The second kappa shape index (κ2) is 9.27. The van der Waals surface area contributed by atoms with E-state index in [9.17, 15) is 18.0 Å². The Balaban J connectivity index is 1.34. The maximum Gasteiger partial charge on any atom is 0.242 e. The number of carbonyl (C=O) groups excluding carboxylic acids is 2. The summed E-state index contributed by atoms with van der Waals surface area (Å²) in [6.45, 7) is 0. The minimum atomic E-state index is -3.57. The van der Waals surface area contributed by atoms with Crippen LogP contribution in [0.1, 0.15) is 17.8 Å². The molecule has 0 atom stereocenters. The molecule has 0 aliphatic rings. The summed E-state index contributed by atoms with van der Waals surface area (Å²) in [5.74, 6) is -0.0414. The van der Waals surface area contributed by atoms with Crippen LogP contribution in [0.25, 0.3) is 21.9 Å². The van der Waals surface area contributed by atoms with Gasteiger partial charge in [0.15, 0.2) is 0 Å². The van der Waals surface area contributed by atoms with Gasteiger partial charge in [-0.3, -0.25) is 20.4 Å². The lowest BCUT2D eigenvalue weighted by Crippen LogP contribution is -2.42. The fourth-order valence-corrected chi connectivity index (χ4v) is 4.67. The Kier molecular flexibility index (Phi) is 6.40. The number of aromatic nitrogens is 3. The number of aromatic amines is 1. The van der Waals surface area contributed by atoms with Crippen molar-refractivity contribution in [2.75, 3.05) is 14.1 Å². The number of aryl methyl sites for hydroxylation is 2. The van der Waals surface area contributed by atoms with Crippen LogP contribution in [-0.2, 0) is 39.5 Å².